The van der Waals surface area contributed by atoms with Gasteiger partial charge in [0.05, 0.1) is 23.4 Å². The van der Waals surface area contributed by atoms with E-state index in [0.717, 1.165) is 7.11 Å². The minimum atomic E-state index is -0.865. The first-order valence-electron chi connectivity index (χ1n) is 8.84. The summed E-state index contributed by atoms with van der Waals surface area (Å²) < 4.78 is 6.04. The van der Waals surface area contributed by atoms with E-state index < -0.39 is 17.9 Å². The number of amides is 3. The average Bonchev–Trinajstić information content (AvgIpc) is 3.16. The highest BCUT2D eigenvalue weighted by molar-refractivity contribution is 9.10. The molecule has 3 rings (SSSR count). The summed E-state index contributed by atoms with van der Waals surface area (Å²) in [5.41, 5.74) is 4.98. The zero-order valence-electron chi connectivity index (χ0n) is 16.6. The molecule has 0 bridgehead atoms. The lowest BCUT2D eigenvalue weighted by Crippen LogP contribution is -2.41. The van der Waals surface area contributed by atoms with Gasteiger partial charge in [-0.05, 0) is 52.7 Å². The first-order valence-corrected chi connectivity index (χ1v) is 10.4. The molecule has 10 nitrogen and oxygen atoms in total. The van der Waals surface area contributed by atoms with Crippen LogP contribution in [-0.2, 0) is 4.74 Å². The first-order chi connectivity index (χ1) is 15.2. The van der Waals surface area contributed by atoms with Gasteiger partial charge in [0.25, 0.3) is 11.8 Å². The molecule has 0 fully saturated rings. The summed E-state index contributed by atoms with van der Waals surface area (Å²) in [4.78, 5) is 41.1. The Morgan fingerprint density at radius 3 is 2.53 bits per heavy atom. The largest absolute Gasteiger partial charge is 0.452 e. The number of rotatable bonds is 4. The smallest absolute Gasteiger partial charge is 0.425 e. The molecule has 0 saturated carbocycles. The van der Waals surface area contributed by atoms with Crippen LogP contribution in [0.15, 0.2) is 41.1 Å². The Morgan fingerprint density at radius 1 is 1.09 bits per heavy atom. The maximum atomic E-state index is 13.2. The van der Waals surface area contributed by atoms with Gasteiger partial charge in [-0.2, -0.15) is 5.10 Å². The van der Waals surface area contributed by atoms with E-state index in [9.17, 15) is 14.4 Å². The van der Waals surface area contributed by atoms with E-state index in [0.29, 0.717) is 15.2 Å². The molecule has 3 N–H and O–H groups in total. The van der Waals surface area contributed by atoms with Crippen LogP contribution in [0.4, 0.5) is 10.5 Å². The fourth-order valence-electron chi connectivity index (χ4n) is 2.65. The topological polar surface area (TPSA) is 127 Å². The fourth-order valence-corrected chi connectivity index (χ4v) is 3.38. The van der Waals surface area contributed by atoms with Crippen molar-refractivity contribution in [2.75, 3.05) is 12.4 Å². The van der Waals surface area contributed by atoms with E-state index in [2.05, 4.69) is 46.9 Å². The molecule has 3 amide bonds. The van der Waals surface area contributed by atoms with Crippen molar-refractivity contribution >= 4 is 62.7 Å². The Morgan fingerprint density at radius 2 is 1.84 bits per heavy atom. The van der Waals surface area contributed by atoms with Crippen molar-refractivity contribution in [1.29, 1.82) is 0 Å². The van der Waals surface area contributed by atoms with Crippen LogP contribution in [0.25, 0.3) is 5.82 Å². The number of nitrogens with one attached hydrogen (secondary N) is 3. The maximum absolute atomic E-state index is 13.2. The molecule has 0 unspecified atom stereocenters. The van der Waals surface area contributed by atoms with E-state index in [1.165, 1.54) is 29.1 Å². The van der Waals surface area contributed by atoms with E-state index in [-0.39, 0.29) is 27.8 Å². The minimum Gasteiger partial charge on any atom is -0.452 e. The van der Waals surface area contributed by atoms with Gasteiger partial charge in [0.2, 0.25) is 0 Å². The zero-order chi connectivity index (χ0) is 23.4. The predicted octanol–water partition coefficient (Wildman–Crippen LogP) is 3.90. The van der Waals surface area contributed by atoms with Crippen molar-refractivity contribution < 1.29 is 19.1 Å². The van der Waals surface area contributed by atoms with Gasteiger partial charge in [-0.1, -0.05) is 23.2 Å². The Bertz CT molecular complexity index is 1220. The molecule has 0 saturated heterocycles. The number of hydrogen-bond acceptors (Lipinski definition) is 6. The zero-order valence-corrected chi connectivity index (χ0v) is 19.7. The Hall–Kier alpha value is -3.15. The Labute approximate surface area is 200 Å². The Balaban J connectivity index is 1.97. The number of aromatic nitrogens is 3. The Kier molecular flexibility index (Phi) is 7.33. The van der Waals surface area contributed by atoms with Crippen LogP contribution in [0.2, 0.25) is 10.0 Å². The van der Waals surface area contributed by atoms with Crippen LogP contribution >= 0.6 is 39.1 Å². The van der Waals surface area contributed by atoms with Crippen LogP contribution in [0, 0.1) is 6.92 Å². The van der Waals surface area contributed by atoms with Crippen LogP contribution in [0.5, 0.6) is 0 Å². The fraction of sp³-hybridized carbons (Fsp3) is 0.105. The second-order valence-corrected chi connectivity index (χ2v) is 7.82. The number of halogens is 3. The summed E-state index contributed by atoms with van der Waals surface area (Å²) in [6, 6.07) is 7.63. The lowest BCUT2D eigenvalue weighted by atomic mass is 10.1. The van der Waals surface area contributed by atoms with E-state index >= 15 is 0 Å². The number of benzene rings is 1. The number of carbonyl (C=O) groups excluding carboxylic acids is 3. The molecule has 2 aromatic heterocycles. The predicted molar refractivity (Wildman–Crippen MR) is 121 cm³/mol. The molecule has 13 heteroatoms. The molecule has 0 atom stereocenters. The maximum Gasteiger partial charge on any atom is 0.425 e. The van der Waals surface area contributed by atoms with Gasteiger partial charge in [0.15, 0.2) is 5.82 Å². The van der Waals surface area contributed by atoms with E-state index in [1.807, 2.05) is 0 Å². The molecule has 3 aromatic rings. The van der Waals surface area contributed by atoms with Crippen LogP contribution in [-0.4, -0.2) is 39.8 Å². The van der Waals surface area contributed by atoms with Gasteiger partial charge >= 0.3 is 6.09 Å². The lowest BCUT2D eigenvalue weighted by molar-refractivity contribution is 0.0921. The number of hydrazine groups is 1. The number of methoxy groups -OCH3 is 1. The minimum absolute atomic E-state index is 0.0534. The SMILES string of the molecule is COC(=O)NNC(=O)c1ccc(Cl)c(C)c1NC(=O)c1cc(Br)nn1-c1ncccc1Cl. The highest BCUT2D eigenvalue weighted by Gasteiger charge is 2.23. The molecular weight excluding hydrogens is 527 g/mol. The standard InChI is InChI=1S/C19H15BrCl2N6O4/c1-9-11(21)6-5-10(17(29)25-26-19(31)32-2)15(9)24-18(30)13-8-14(20)27-28(13)16-12(22)4-3-7-23-16/h3-8H,1-2H3,(H,24,30)(H,25,29)(H,26,31). The van der Waals surface area contributed by atoms with Gasteiger partial charge in [-0.3, -0.25) is 15.0 Å². The normalized spacial score (nSPS) is 10.4. The molecule has 166 valence electrons. The summed E-state index contributed by atoms with van der Waals surface area (Å²) in [6.45, 7) is 1.63. The lowest BCUT2D eigenvalue weighted by Gasteiger charge is -2.16. The van der Waals surface area contributed by atoms with E-state index in [1.54, 1.807) is 19.1 Å². The van der Waals surface area contributed by atoms with Crippen molar-refractivity contribution in [3.8, 4) is 5.82 Å². The quantitative estimate of drug-likeness (QED) is 0.430. The number of anilines is 1. The molecule has 0 aliphatic rings. The molecule has 0 aliphatic carbocycles. The van der Waals surface area contributed by atoms with Crippen molar-refractivity contribution in [3.05, 3.63) is 68.0 Å². The number of hydrogen-bond donors (Lipinski definition) is 3. The van der Waals surface area contributed by atoms with Gasteiger partial charge in [0.1, 0.15) is 10.3 Å². The van der Waals surface area contributed by atoms with Crippen molar-refractivity contribution in [2.24, 2.45) is 0 Å². The van der Waals surface area contributed by atoms with Gasteiger partial charge in [-0.25, -0.2) is 19.9 Å². The van der Waals surface area contributed by atoms with Crippen LogP contribution < -0.4 is 16.2 Å². The third-order valence-corrected chi connectivity index (χ3v) is 5.29. The number of nitrogens with zero attached hydrogens (tertiary/aromatic N) is 3. The molecule has 0 radical (unpaired) electrons. The molecule has 2 heterocycles. The second kappa shape index (κ2) is 9.98. The summed E-state index contributed by atoms with van der Waals surface area (Å²) in [7, 11) is 1.15. The molecule has 32 heavy (non-hydrogen) atoms. The van der Waals surface area contributed by atoms with Crippen molar-refractivity contribution in [3.63, 3.8) is 0 Å². The molecule has 0 aliphatic heterocycles. The average molecular weight is 542 g/mol. The van der Waals surface area contributed by atoms with Gasteiger partial charge in [-0.15, -0.1) is 0 Å². The third-order valence-electron chi connectivity index (χ3n) is 4.20. The number of ether oxygens (including phenoxy) is 1. The molecular formula is C19H15BrCl2N6O4. The second-order valence-electron chi connectivity index (χ2n) is 6.19. The summed E-state index contributed by atoms with van der Waals surface area (Å²) in [6.07, 6.45) is 0.645. The van der Waals surface area contributed by atoms with Gasteiger partial charge < -0.3 is 10.1 Å². The summed E-state index contributed by atoms with van der Waals surface area (Å²) in [5.74, 6) is -1.06. The number of pyridine rings is 1. The number of carbonyl (C=O) groups is 3. The summed E-state index contributed by atoms with van der Waals surface area (Å²) >= 11 is 15.6. The van der Waals surface area contributed by atoms with Gasteiger partial charge in [0, 0.05) is 17.3 Å². The highest BCUT2D eigenvalue weighted by atomic mass is 79.9. The monoisotopic (exact) mass is 540 g/mol. The van der Waals surface area contributed by atoms with Crippen LogP contribution in [0.1, 0.15) is 26.4 Å². The highest BCUT2D eigenvalue weighted by Crippen LogP contribution is 2.29. The van der Waals surface area contributed by atoms with E-state index in [4.69, 9.17) is 23.2 Å². The first kappa shape index (κ1) is 23.5. The van der Waals surface area contributed by atoms with Crippen molar-refractivity contribution in [2.45, 2.75) is 6.92 Å². The summed E-state index contributed by atoms with van der Waals surface area (Å²) in [5, 5.41) is 7.50. The van der Waals surface area contributed by atoms with Crippen molar-refractivity contribution in [1.82, 2.24) is 25.6 Å². The molecule has 0 spiro atoms. The molecule has 1 aromatic carbocycles. The third kappa shape index (κ3) is 5.01. The van der Waals surface area contributed by atoms with Crippen LogP contribution in [0.3, 0.4) is 0 Å².